The first-order valence-electron chi connectivity index (χ1n) is 13.4. The molecule has 13 heteroatoms. The lowest BCUT2D eigenvalue weighted by Gasteiger charge is -2.60. The van der Waals surface area contributed by atoms with Gasteiger partial charge in [0.1, 0.15) is 24.1 Å². The number of hydrogen-bond donors (Lipinski definition) is 1. The van der Waals surface area contributed by atoms with Crippen LogP contribution in [0, 0.1) is 17.3 Å². The molecule has 2 aromatic rings. The number of aromatic nitrogens is 5. The minimum atomic E-state index is -1.38. The summed E-state index contributed by atoms with van der Waals surface area (Å²) in [6.07, 6.45) is 1.58. The smallest absolute Gasteiger partial charge is 0.361 e. The predicted octanol–water partition coefficient (Wildman–Crippen LogP) is 0.0878. The second-order valence-corrected chi connectivity index (χ2v) is 12.4. The maximum absolute atomic E-state index is 13.7. The van der Waals surface area contributed by atoms with Gasteiger partial charge >= 0.3 is 17.6 Å². The number of aliphatic hydroxyl groups is 1. The third kappa shape index (κ3) is 2.49. The molecular weight excluding hydrogens is 510 g/mol. The molecule has 3 aliphatic heterocycles. The molecule has 4 fully saturated rings. The lowest BCUT2D eigenvalue weighted by molar-refractivity contribution is -0.212. The first-order chi connectivity index (χ1) is 18.5. The molecule has 0 radical (unpaired) electrons. The van der Waals surface area contributed by atoms with Gasteiger partial charge in [-0.05, 0) is 36.7 Å². The zero-order chi connectivity index (χ0) is 27.3. The number of nitrogens with zero attached hydrogens (tertiary/aromatic N) is 5. The van der Waals surface area contributed by atoms with Crippen LogP contribution in [-0.2, 0) is 30.8 Å². The van der Waals surface area contributed by atoms with Crippen LogP contribution in [0.25, 0.3) is 5.65 Å². The van der Waals surface area contributed by atoms with E-state index in [1.54, 1.807) is 0 Å². The Morgan fingerprint density at radius 3 is 2.82 bits per heavy atom. The first kappa shape index (κ1) is 23.7. The lowest BCUT2D eigenvalue weighted by atomic mass is 9.44. The highest BCUT2D eigenvalue weighted by molar-refractivity contribution is 5.94. The standard InChI is InChI=1S/C26H29N5O8/c1-11(2)25-16(38-25)8-24(35)23(3)6-5-12-13(9-36-19(12)32)14(23)7-15-26(24,39-15)21(25)37-20(33)17-18-28-29-30(4)22(34)31(18)10-27-17/h10-11,14-16,21,35H,5-9H2,1-4H3. The summed E-state index contributed by atoms with van der Waals surface area (Å²) in [5, 5.41) is 20.5. The van der Waals surface area contributed by atoms with Crippen molar-refractivity contribution < 1.29 is 33.6 Å². The van der Waals surface area contributed by atoms with Gasteiger partial charge in [0, 0.05) is 24.5 Å². The molecule has 0 aromatic carbocycles. The van der Waals surface area contributed by atoms with Crippen molar-refractivity contribution in [3.8, 4) is 0 Å². The Morgan fingerprint density at radius 1 is 1.26 bits per heavy atom. The molecule has 2 saturated carbocycles. The lowest BCUT2D eigenvalue weighted by Crippen LogP contribution is -2.74. The number of imidazole rings is 1. The molecule has 8 rings (SSSR count). The SMILES string of the molecule is CC(C)C12OC1CC1(O)C3(C)CCC4=C(COC4=O)C3CC3OC31C2OC(=O)c1ncn2c(=O)n(C)nnc12. The second kappa shape index (κ2) is 6.94. The summed E-state index contributed by atoms with van der Waals surface area (Å²) in [5.74, 6) is -1.19. The molecule has 6 aliphatic rings. The minimum Gasteiger partial charge on any atom is -0.458 e. The summed E-state index contributed by atoms with van der Waals surface area (Å²) < 4.78 is 26.6. The summed E-state index contributed by atoms with van der Waals surface area (Å²) in [5.41, 5.74) is -3.01. The average molecular weight is 540 g/mol. The van der Waals surface area contributed by atoms with Crippen LogP contribution in [0.1, 0.15) is 56.9 Å². The summed E-state index contributed by atoms with van der Waals surface area (Å²) in [6, 6.07) is 0. The zero-order valence-electron chi connectivity index (χ0n) is 22.0. The highest BCUT2D eigenvalue weighted by atomic mass is 16.7. The maximum Gasteiger partial charge on any atom is 0.361 e. The number of esters is 2. The van der Waals surface area contributed by atoms with E-state index in [-0.39, 0.29) is 41.9 Å². The average Bonchev–Trinajstić information content (AvgIpc) is 3.70. The van der Waals surface area contributed by atoms with E-state index in [4.69, 9.17) is 18.9 Å². The molecule has 1 spiro atoms. The Hall–Kier alpha value is -3.16. The molecule has 13 nitrogen and oxygen atoms in total. The fourth-order valence-electron chi connectivity index (χ4n) is 8.58. The van der Waals surface area contributed by atoms with E-state index in [1.807, 2.05) is 13.8 Å². The molecule has 39 heavy (non-hydrogen) atoms. The molecule has 8 atom stereocenters. The van der Waals surface area contributed by atoms with Gasteiger partial charge in [-0.1, -0.05) is 26.0 Å². The molecule has 0 bridgehead atoms. The Bertz CT molecular complexity index is 1600. The number of fused-ring (bicyclic) bond motifs is 5. The van der Waals surface area contributed by atoms with Crippen LogP contribution in [0.2, 0.25) is 0 Å². The number of ether oxygens (including phenoxy) is 4. The molecule has 206 valence electrons. The summed E-state index contributed by atoms with van der Waals surface area (Å²) in [4.78, 5) is 42.6. The second-order valence-electron chi connectivity index (χ2n) is 12.4. The van der Waals surface area contributed by atoms with E-state index in [1.165, 1.54) is 13.4 Å². The minimum absolute atomic E-state index is 0.0138. The third-order valence-corrected chi connectivity index (χ3v) is 10.8. The Labute approximate surface area is 222 Å². The van der Waals surface area contributed by atoms with Crippen molar-refractivity contribution in [2.45, 2.75) is 81.6 Å². The van der Waals surface area contributed by atoms with E-state index < -0.39 is 46.1 Å². The van der Waals surface area contributed by atoms with Crippen LogP contribution < -0.4 is 5.69 Å². The van der Waals surface area contributed by atoms with E-state index in [0.717, 1.165) is 20.2 Å². The van der Waals surface area contributed by atoms with Crippen molar-refractivity contribution in [3.05, 3.63) is 33.7 Å². The van der Waals surface area contributed by atoms with Crippen LogP contribution >= 0.6 is 0 Å². The molecule has 2 aromatic heterocycles. The number of cyclic esters (lactones) is 1. The Balaban J connectivity index is 1.22. The highest BCUT2D eigenvalue weighted by Crippen LogP contribution is 2.76. The van der Waals surface area contributed by atoms with Gasteiger partial charge in [-0.15, -0.1) is 5.10 Å². The van der Waals surface area contributed by atoms with Gasteiger partial charge in [-0.2, -0.15) is 4.68 Å². The molecule has 1 N–H and O–H groups in total. The van der Waals surface area contributed by atoms with Crippen molar-refractivity contribution in [1.82, 2.24) is 24.4 Å². The number of hydrogen-bond acceptors (Lipinski definition) is 11. The van der Waals surface area contributed by atoms with Gasteiger partial charge in [-0.3, -0.25) is 0 Å². The highest BCUT2D eigenvalue weighted by Gasteiger charge is 2.91. The van der Waals surface area contributed by atoms with Crippen molar-refractivity contribution in [2.24, 2.45) is 24.3 Å². The van der Waals surface area contributed by atoms with E-state index in [0.29, 0.717) is 25.7 Å². The van der Waals surface area contributed by atoms with Gasteiger partial charge in [-0.25, -0.2) is 23.8 Å². The van der Waals surface area contributed by atoms with Crippen LogP contribution in [0.4, 0.5) is 0 Å². The molecule has 5 heterocycles. The topological polar surface area (TPSA) is 163 Å². The molecule has 3 aliphatic carbocycles. The quantitative estimate of drug-likeness (QED) is 0.415. The van der Waals surface area contributed by atoms with Gasteiger partial charge in [0.15, 0.2) is 23.0 Å². The Morgan fingerprint density at radius 2 is 2.05 bits per heavy atom. The predicted molar refractivity (Wildman–Crippen MR) is 128 cm³/mol. The van der Waals surface area contributed by atoms with Crippen LogP contribution in [0.15, 0.2) is 22.3 Å². The number of aryl methyl sites for hydroxylation is 1. The Kier molecular flexibility index (Phi) is 4.22. The molecule has 8 unspecified atom stereocenters. The zero-order valence-corrected chi connectivity index (χ0v) is 22.0. The third-order valence-electron chi connectivity index (χ3n) is 10.8. The van der Waals surface area contributed by atoms with Crippen molar-refractivity contribution in [2.75, 3.05) is 6.61 Å². The monoisotopic (exact) mass is 539 g/mol. The normalized spacial score (nSPS) is 43.3. The number of carbonyl (C=O) groups excluding carboxylic acids is 2. The fraction of sp³-hybridized carbons (Fsp3) is 0.692. The van der Waals surface area contributed by atoms with Gasteiger partial charge in [0.05, 0.1) is 12.2 Å². The fourth-order valence-corrected chi connectivity index (χ4v) is 8.58. The number of carbonyl (C=O) groups is 2. The first-order valence-corrected chi connectivity index (χ1v) is 13.4. The van der Waals surface area contributed by atoms with Crippen LogP contribution in [-0.4, -0.2) is 83.1 Å². The number of epoxide rings is 2. The number of rotatable bonds is 3. The van der Waals surface area contributed by atoms with Gasteiger partial charge < -0.3 is 24.1 Å². The molecular formula is C26H29N5O8. The summed E-state index contributed by atoms with van der Waals surface area (Å²) >= 11 is 0. The van der Waals surface area contributed by atoms with Crippen molar-refractivity contribution in [3.63, 3.8) is 0 Å². The molecule has 0 amide bonds. The van der Waals surface area contributed by atoms with E-state index in [9.17, 15) is 19.5 Å². The summed E-state index contributed by atoms with van der Waals surface area (Å²) in [6.45, 7) is 6.31. The largest absolute Gasteiger partial charge is 0.458 e. The van der Waals surface area contributed by atoms with E-state index in [2.05, 4.69) is 22.2 Å². The van der Waals surface area contributed by atoms with E-state index >= 15 is 0 Å². The van der Waals surface area contributed by atoms with Crippen molar-refractivity contribution in [1.29, 1.82) is 0 Å². The van der Waals surface area contributed by atoms with Crippen LogP contribution in [0.5, 0.6) is 0 Å². The summed E-state index contributed by atoms with van der Waals surface area (Å²) in [7, 11) is 1.45. The van der Waals surface area contributed by atoms with Crippen molar-refractivity contribution >= 4 is 17.6 Å². The maximum atomic E-state index is 13.7. The van der Waals surface area contributed by atoms with Crippen LogP contribution in [0.3, 0.4) is 0 Å². The molecule has 2 saturated heterocycles. The van der Waals surface area contributed by atoms with Gasteiger partial charge in [0.2, 0.25) is 0 Å². The van der Waals surface area contributed by atoms with Gasteiger partial charge in [0.25, 0.3) is 0 Å².